The van der Waals surface area contributed by atoms with Crippen molar-refractivity contribution >= 4 is 39.9 Å². The van der Waals surface area contributed by atoms with Gasteiger partial charge in [0.05, 0.1) is 24.4 Å². The van der Waals surface area contributed by atoms with Gasteiger partial charge in [0, 0.05) is 5.56 Å². The lowest BCUT2D eigenvalue weighted by Gasteiger charge is -2.24. The van der Waals surface area contributed by atoms with Gasteiger partial charge in [-0.2, -0.15) is 0 Å². The highest BCUT2D eigenvalue weighted by Gasteiger charge is 2.48. The lowest BCUT2D eigenvalue weighted by atomic mass is 9.93. The van der Waals surface area contributed by atoms with Crippen LogP contribution in [0.2, 0.25) is 0 Å². The summed E-state index contributed by atoms with van der Waals surface area (Å²) in [6, 6.07) is 11.4. The van der Waals surface area contributed by atoms with Crippen molar-refractivity contribution in [2.24, 2.45) is 0 Å². The van der Waals surface area contributed by atoms with Crippen LogP contribution in [0.1, 0.15) is 57.9 Å². The lowest BCUT2D eigenvalue weighted by Crippen LogP contribution is -2.29. The van der Waals surface area contributed by atoms with Crippen molar-refractivity contribution in [3.8, 4) is 11.5 Å². The van der Waals surface area contributed by atoms with Crippen LogP contribution in [0.25, 0.3) is 5.76 Å². The number of amides is 1. The number of aromatic nitrogens is 1. The van der Waals surface area contributed by atoms with Gasteiger partial charge in [-0.3, -0.25) is 14.5 Å². The van der Waals surface area contributed by atoms with Crippen LogP contribution < -0.4 is 14.4 Å². The molecular formula is C28H26N2O7S. The summed E-state index contributed by atoms with van der Waals surface area (Å²) in [5.74, 6) is -1.40. The number of aryl methyl sites for hydroxylation is 1. The summed E-state index contributed by atoms with van der Waals surface area (Å²) in [5, 5.41) is 11.6. The average molecular weight is 535 g/mol. The van der Waals surface area contributed by atoms with Crippen molar-refractivity contribution in [2.45, 2.75) is 32.7 Å². The van der Waals surface area contributed by atoms with E-state index in [-0.39, 0.29) is 27.3 Å². The van der Waals surface area contributed by atoms with Crippen LogP contribution in [-0.2, 0) is 14.3 Å². The molecule has 0 spiro atoms. The number of rotatable bonds is 5. The van der Waals surface area contributed by atoms with Gasteiger partial charge in [0.1, 0.15) is 23.9 Å². The van der Waals surface area contributed by atoms with E-state index < -0.39 is 23.7 Å². The molecule has 3 heterocycles. The number of ether oxygens (including phenoxy) is 3. The van der Waals surface area contributed by atoms with Crippen LogP contribution in [-0.4, -0.2) is 48.1 Å². The predicted molar refractivity (Wildman–Crippen MR) is 141 cm³/mol. The Labute approximate surface area is 223 Å². The first kappa shape index (κ1) is 25.5. The number of nitrogens with zero attached hydrogens (tertiary/aromatic N) is 2. The van der Waals surface area contributed by atoms with E-state index in [2.05, 4.69) is 18.8 Å². The molecule has 1 fully saturated rings. The number of esters is 1. The molecule has 1 unspecified atom stereocenters. The second kappa shape index (κ2) is 9.94. The molecule has 1 saturated heterocycles. The third kappa shape index (κ3) is 4.30. The molecule has 10 heteroatoms. The molecule has 0 saturated carbocycles. The van der Waals surface area contributed by atoms with Gasteiger partial charge in [0.25, 0.3) is 5.78 Å². The van der Waals surface area contributed by atoms with Crippen molar-refractivity contribution in [3.05, 3.63) is 75.3 Å². The number of carbonyl (C=O) groups excluding carboxylic acids is 3. The molecular weight excluding hydrogens is 508 g/mol. The van der Waals surface area contributed by atoms with Gasteiger partial charge in [-0.05, 0) is 42.2 Å². The Morgan fingerprint density at radius 2 is 1.79 bits per heavy atom. The number of benzene rings is 2. The number of aliphatic hydroxyl groups is 1. The summed E-state index contributed by atoms with van der Waals surface area (Å²) in [4.78, 5) is 45.0. The second-order valence-electron chi connectivity index (χ2n) is 9.25. The van der Waals surface area contributed by atoms with E-state index in [0.29, 0.717) is 41.5 Å². The zero-order valence-electron chi connectivity index (χ0n) is 21.3. The van der Waals surface area contributed by atoms with E-state index in [0.717, 1.165) is 16.9 Å². The maximum atomic E-state index is 13.5. The number of fused-ring (bicyclic) bond motifs is 1. The molecule has 196 valence electrons. The van der Waals surface area contributed by atoms with Crippen molar-refractivity contribution < 1.29 is 33.7 Å². The quantitative estimate of drug-likeness (QED) is 0.216. The highest BCUT2D eigenvalue weighted by Crippen LogP contribution is 2.45. The number of aliphatic hydroxyl groups excluding tert-OH is 1. The Hall–Kier alpha value is -4.18. The summed E-state index contributed by atoms with van der Waals surface area (Å²) in [6.45, 7) is 6.53. The fourth-order valence-corrected chi connectivity index (χ4v) is 5.53. The zero-order chi connectivity index (χ0) is 27.1. The minimum atomic E-state index is -0.972. The molecule has 2 aliphatic rings. The fraction of sp³-hybridized carbons (Fsp3) is 0.286. The van der Waals surface area contributed by atoms with E-state index in [9.17, 15) is 19.5 Å². The number of hydrogen-bond acceptors (Lipinski definition) is 9. The van der Waals surface area contributed by atoms with Crippen molar-refractivity contribution in [2.75, 3.05) is 25.2 Å². The smallest absolute Gasteiger partial charge is 0.350 e. The minimum absolute atomic E-state index is 0.0866. The number of ketones is 1. The molecule has 1 aromatic heterocycles. The summed E-state index contributed by atoms with van der Waals surface area (Å²) in [7, 11) is 1.26. The van der Waals surface area contributed by atoms with Gasteiger partial charge in [-0.25, -0.2) is 9.78 Å². The van der Waals surface area contributed by atoms with Crippen LogP contribution in [0.3, 0.4) is 0 Å². The van der Waals surface area contributed by atoms with Crippen molar-refractivity contribution in [1.29, 1.82) is 0 Å². The third-order valence-electron chi connectivity index (χ3n) is 6.54. The molecule has 1 N–H and O–H groups in total. The Bertz CT molecular complexity index is 1470. The molecule has 3 aromatic rings. The first-order valence-electron chi connectivity index (χ1n) is 12.1. The predicted octanol–water partition coefficient (Wildman–Crippen LogP) is 4.76. The highest BCUT2D eigenvalue weighted by atomic mass is 32.1. The van der Waals surface area contributed by atoms with E-state index >= 15 is 0 Å². The second-order valence-corrected chi connectivity index (χ2v) is 10.2. The van der Waals surface area contributed by atoms with Gasteiger partial charge in [0.15, 0.2) is 16.6 Å². The molecule has 5 rings (SSSR count). The average Bonchev–Trinajstić information content (AvgIpc) is 3.43. The fourth-order valence-electron chi connectivity index (χ4n) is 4.52. The number of carbonyl (C=O) groups is 3. The highest BCUT2D eigenvalue weighted by molar-refractivity contribution is 7.17. The number of hydrogen-bond donors (Lipinski definition) is 1. The Balaban J connectivity index is 1.68. The first-order chi connectivity index (χ1) is 18.2. The summed E-state index contributed by atoms with van der Waals surface area (Å²) >= 11 is 0.956. The molecule has 38 heavy (non-hydrogen) atoms. The standard InChI is InChI=1S/C28H26N2O7S/c1-14(2)16-5-7-17(8-6-16)22-21(23(31)18-9-10-19-20(13-18)37-12-11-36-19)24(32)26(33)30(22)28-29-15(3)25(38-28)27(34)35-4/h5-10,13-14,22,31H,11-12H2,1-4H3/b23-21+. The minimum Gasteiger partial charge on any atom is -0.507 e. The molecule has 2 aromatic carbocycles. The molecule has 0 bridgehead atoms. The third-order valence-corrected chi connectivity index (χ3v) is 7.68. The van der Waals surface area contributed by atoms with Crippen LogP contribution in [0.5, 0.6) is 11.5 Å². The Morgan fingerprint density at radius 1 is 1.11 bits per heavy atom. The van der Waals surface area contributed by atoms with E-state index in [4.69, 9.17) is 14.2 Å². The monoisotopic (exact) mass is 534 g/mol. The molecule has 1 amide bonds. The lowest BCUT2D eigenvalue weighted by molar-refractivity contribution is -0.132. The molecule has 1 atom stereocenters. The zero-order valence-corrected chi connectivity index (χ0v) is 22.1. The van der Waals surface area contributed by atoms with Crippen molar-refractivity contribution in [3.63, 3.8) is 0 Å². The van der Waals surface area contributed by atoms with Gasteiger partial charge in [0.2, 0.25) is 0 Å². The first-order valence-corrected chi connectivity index (χ1v) is 12.9. The van der Waals surface area contributed by atoms with Gasteiger partial charge in [-0.15, -0.1) is 0 Å². The van der Waals surface area contributed by atoms with Crippen LogP contribution in [0.15, 0.2) is 48.0 Å². The number of Topliss-reactive ketones (excluding diaryl/α,β-unsaturated/α-hetero) is 1. The molecule has 0 aliphatic carbocycles. The van der Waals surface area contributed by atoms with Crippen LogP contribution >= 0.6 is 11.3 Å². The van der Waals surface area contributed by atoms with Crippen molar-refractivity contribution in [1.82, 2.24) is 4.98 Å². The summed E-state index contributed by atoms with van der Waals surface area (Å²) < 4.78 is 16.0. The largest absolute Gasteiger partial charge is 0.507 e. The van der Waals surface area contributed by atoms with Gasteiger partial charge >= 0.3 is 11.9 Å². The number of methoxy groups -OCH3 is 1. The van der Waals surface area contributed by atoms with E-state index in [1.165, 1.54) is 12.0 Å². The Kier molecular flexibility index (Phi) is 6.66. The maximum Gasteiger partial charge on any atom is 0.350 e. The number of anilines is 1. The number of thiazole rings is 1. The maximum absolute atomic E-state index is 13.5. The Morgan fingerprint density at radius 3 is 2.45 bits per heavy atom. The molecule has 9 nitrogen and oxygen atoms in total. The normalized spacial score (nSPS) is 18.2. The topological polar surface area (TPSA) is 115 Å². The summed E-state index contributed by atoms with van der Waals surface area (Å²) in [6.07, 6.45) is 0. The van der Waals surface area contributed by atoms with E-state index in [1.54, 1.807) is 25.1 Å². The van der Waals surface area contributed by atoms with Gasteiger partial charge < -0.3 is 19.3 Å². The van der Waals surface area contributed by atoms with Crippen LogP contribution in [0, 0.1) is 6.92 Å². The van der Waals surface area contributed by atoms with Crippen LogP contribution in [0.4, 0.5) is 5.13 Å². The molecule has 2 aliphatic heterocycles. The SMILES string of the molecule is COC(=O)c1sc(N2C(=O)C(=O)/C(=C(/O)c3ccc4c(c3)OCCO4)C2c2ccc(C(C)C)cc2)nc1C. The molecule has 0 radical (unpaired) electrons. The summed E-state index contributed by atoms with van der Waals surface area (Å²) in [5.41, 5.74) is 2.29. The van der Waals surface area contributed by atoms with E-state index in [1.807, 2.05) is 24.3 Å². The van der Waals surface area contributed by atoms with Gasteiger partial charge in [-0.1, -0.05) is 49.4 Å².